The van der Waals surface area contributed by atoms with Gasteiger partial charge >= 0.3 is 0 Å². The summed E-state index contributed by atoms with van der Waals surface area (Å²) in [5.74, 6) is -0.734. The number of pyridine rings is 1. The molecule has 5 aromatic rings. The van der Waals surface area contributed by atoms with E-state index in [1.54, 1.807) is 16.7 Å². The van der Waals surface area contributed by atoms with Crippen molar-refractivity contribution >= 4 is 28.4 Å². The number of anilines is 2. The van der Waals surface area contributed by atoms with Crippen LogP contribution in [-0.4, -0.2) is 25.0 Å². The fourth-order valence-corrected chi connectivity index (χ4v) is 4.59. The van der Waals surface area contributed by atoms with E-state index in [9.17, 15) is 19.2 Å². The van der Waals surface area contributed by atoms with Gasteiger partial charge < -0.3 is 20.2 Å². The number of nitrogens with two attached hydrogens (primary N) is 1. The number of halogens is 1. The molecular weight excluding hydrogens is 497 g/mol. The number of nitrogens with zero attached hydrogens (tertiary/aromatic N) is 5. The predicted octanol–water partition coefficient (Wildman–Crippen LogP) is 4.89. The van der Waals surface area contributed by atoms with Crippen molar-refractivity contribution in [1.82, 2.24) is 19.1 Å². The zero-order chi connectivity index (χ0) is 27.8. The Morgan fingerprint density at radius 3 is 2.36 bits per heavy atom. The molecule has 3 N–H and O–H groups in total. The fourth-order valence-electron chi connectivity index (χ4n) is 4.59. The van der Waals surface area contributed by atoms with Crippen LogP contribution in [0.1, 0.15) is 35.9 Å². The highest BCUT2D eigenvalue weighted by Gasteiger charge is 2.23. The van der Waals surface area contributed by atoms with Crippen LogP contribution in [0, 0.1) is 17.1 Å². The van der Waals surface area contributed by atoms with Crippen molar-refractivity contribution in [2.24, 2.45) is 7.05 Å². The van der Waals surface area contributed by atoms with E-state index in [4.69, 9.17) is 5.73 Å². The number of benzene rings is 2. The minimum atomic E-state index is -0.627. The Hall–Kier alpha value is -5.30. The van der Waals surface area contributed by atoms with Crippen molar-refractivity contribution in [3.63, 3.8) is 0 Å². The van der Waals surface area contributed by atoms with Gasteiger partial charge in [-0.05, 0) is 49.2 Å². The van der Waals surface area contributed by atoms with E-state index >= 15 is 0 Å². The van der Waals surface area contributed by atoms with Gasteiger partial charge in [0.25, 0.3) is 5.91 Å². The average molecular weight is 522 g/mol. The second-order valence-electron chi connectivity index (χ2n) is 9.36. The van der Waals surface area contributed by atoms with Crippen molar-refractivity contribution in [2.75, 3.05) is 11.1 Å². The van der Waals surface area contributed by atoms with E-state index in [0.717, 1.165) is 16.5 Å². The molecular formula is C29H24FN7O2. The van der Waals surface area contributed by atoms with Gasteiger partial charge in [-0.25, -0.2) is 14.4 Å². The van der Waals surface area contributed by atoms with Gasteiger partial charge in [-0.2, -0.15) is 5.26 Å². The number of carbonyl (C=O) groups is 1. The zero-order valence-corrected chi connectivity index (χ0v) is 21.4. The normalized spacial score (nSPS) is 11.1. The van der Waals surface area contributed by atoms with Crippen LogP contribution in [0.3, 0.4) is 0 Å². The number of nitrogens with one attached hydrogen (secondary N) is 1. The summed E-state index contributed by atoms with van der Waals surface area (Å²) in [6.45, 7) is 3.68. The lowest BCUT2D eigenvalue weighted by molar-refractivity contribution is 0.102. The molecule has 3 aromatic heterocycles. The van der Waals surface area contributed by atoms with Crippen molar-refractivity contribution in [2.45, 2.75) is 19.9 Å². The fraction of sp³-hybridized carbons (Fsp3) is 0.138. The Balaban J connectivity index is 1.52. The largest absolute Gasteiger partial charge is 0.383 e. The Morgan fingerprint density at radius 2 is 1.72 bits per heavy atom. The van der Waals surface area contributed by atoms with Crippen LogP contribution in [0.15, 0.2) is 72.0 Å². The van der Waals surface area contributed by atoms with Gasteiger partial charge in [0.05, 0.1) is 10.9 Å². The molecule has 194 valence electrons. The highest BCUT2D eigenvalue weighted by Crippen LogP contribution is 2.32. The Labute approximate surface area is 223 Å². The molecule has 2 aromatic carbocycles. The first-order valence-corrected chi connectivity index (χ1v) is 12.1. The van der Waals surface area contributed by atoms with Gasteiger partial charge in [0.15, 0.2) is 0 Å². The van der Waals surface area contributed by atoms with Crippen LogP contribution in [-0.2, 0) is 7.05 Å². The van der Waals surface area contributed by atoms with Crippen molar-refractivity contribution in [3.05, 3.63) is 94.5 Å². The quantitative estimate of drug-likeness (QED) is 0.339. The highest BCUT2D eigenvalue weighted by molar-refractivity contribution is 6.05. The first kappa shape index (κ1) is 25.4. The molecule has 0 aliphatic heterocycles. The second kappa shape index (κ2) is 9.87. The van der Waals surface area contributed by atoms with Crippen LogP contribution in [0.4, 0.5) is 15.9 Å². The number of fused-ring (bicyclic) bond motifs is 1. The van der Waals surface area contributed by atoms with Crippen LogP contribution in [0.5, 0.6) is 0 Å². The molecule has 1 amide bonds. The van der Waals surface area contributed by atoms with E-state index in [-0.39, 0.29) is 22.9 Å². The number of hydrogen-bond donors (Lipinski definition) is 2. The predicted molar refractivity (Wildman–Crippen MR) is 148 cm³/mol. The lowest BCUT2D eigenvalue weighted by atomic mass is 10.00. The molecule has 0 fully saturated rings. The van der Waals surface area contributed by atoms with Gasteiger partial charge in [0.1, 0.15) is 40.9 Å². The summed E-state index contributed by atoms with van der Waals surface area (Å²) in [6.07, 6.45) is 4.71. The van der Waals surface area contributed by atoms with Gasteiger partial charge in [-0.1, -0.05) is 24.3 Å². The van der Waals surface area contributed by atoms with E-state index in [0.29, 0.717) is 22.7 Å². The molecule has 0 unspecified atom stereocenters. The SMILES string of the molecule is CC(C)n1cc(C(=O)Nc2ccc(-c3cn(C)c4ncnc(N)c34)cc2)c(=O)c(-c2ccc(F)cc2)c1C#N. The number of nitrogen functional groups attached to an aromatic ring is 1. The first-order valence-electron chi connectivity index (χ1n) is 12.1. The van der Waals surface area contributed by atoms with E-state index in [1.807, 2.05) is 43.8 Å². The Kier molecular flexibility index (Phi) is 6.42. The maximum Gasteiger partial charge on any atom is 0.261 e. The van der Waals surface area contributed by atoms with E-state index in [2.05, 4.69) is 21.4 Å². The van der Waals surface area contributed by atoms with Crippen LogP contribution in [0.25, 0.3) is 33.3 Å². The molecule has 0 aliphatic carbocycles. The van der Waals surface area contributed by atoms with Crippen molar-refractivity contribution in [3.8, 4) is 28.3 Å². The molecule has 0 aliphatic rings. The third-order valence-electron chi connectivity index (χ3n) is 6.51. The van der Waals surface area contributed by atoms with Crippen molar-refractivity contribution < 1.29 is 9.18 Å². The third-order valence-corrected chi connectivity index (χ3v) is 6.51. The third kappa shape index (κ3) is 4.51. The topological polar surface area (TPSA) is 132 Å². The minimum Gasteiger partial charge on any atom is -0.383 e. The number of aryl methyl sites for hydroxylation is 1. The molecule has 5 rings (SSSR count). The molecule has 0 spiro atoms. The lowest BCUT2D eigenvalue weighted by Crippen LogP contribution is -2.27. The number of amides is 1. The molecule has 0 bridgehead atoms. The molecule has 0 radical (unpaired) electrons. The molecule has 3 heterocycles. The molecule has 39 heavy (non-hydrogen) atoms. The molecule has 0 saturated heterocycles. The van der Waals surface area contributed by atoms with Crippen molar-refractivity contribution in [1.29, 1.82) is 5.26 Å². The minimum absolute atomic E-state index is 0.0463. The number of nitriles is 1. The summed E-state index contributed by atoms with van der Waals surface area (Å²) < 4.78 is 17.0. The molecule has 0 atom stereocenters. The summed E-state index contributed by atoms with van der Waals surface area (Å²) in [5.41, 5.74) is 8.72. The lowest BCUT2D eigenvalue weighted by Gasteiger charge is -2.18. The molecule has 10 heteroatoms. The molecule has 9 nitrogen and oxygen atoms in total. The maximum atomic E-state index is 13.6. The maximum absolute atomic E-state index is 13.6. The summed E-state index contributed by atoms with van der Waals surface area (Å²) in [6, 6.07) is 14.2. The molecule has 0 saturated carbocycles. The summed E-state index contributed by atoms with van der Waals surface area (Å²) >= 11 is 0. The van der Waals surface area contributed by atoms with Gasteiger partial charge in [0, 0.05) is 36.7 Å². The van der Waals surface area contributed by atoms with Crippen LogP contribution < -0.4 is 16.5 Å². The summed E-state index contributed by atoms with van der Waals surface area (Å²) in [7, 11) is 1.87. The highest BCUT2D eigenvalue weighted by atomic mass is 19.1. The zero-order valence-electron chi connectivity index (χ0n) is 21.4. The van der Waals surface area contributed by atoms with Gasteiger partial charge in [-0.15, -0.1) is 0 Å². The first-order chi connectivity index (χ1) is 18.7. The van der Waals surface area contributed by atoms with Crippen LogP contribution in [0.2, 0.25) is 0 Å². The summed E-state index contributed by atoms with van der Waals surface area (Å²) in [5, 5.41) is 13.4. The van der Waals surface area contributed by atoms with Gasteiger partial charge in [0.2, 0.25) is 5.43 Å². The number of hydrogen-bond acceptors (Lipinski definition) is 6. The Bertz CT molecular complexity index is 1830. The standard InChI is InChI=1S/C29H24FN7O2/c1-16(2)37-14-22(26(38)24(23(37)12-31)18-4-8-19(30)9-5-18)29(39)35-20-10-6-17(7-11-20)21-13-36(3)28-25(21)27(32)33-15-34-28/h4-11,13-16H,1-3H3,(H,35,39)(H2,32,33,34). The number of carbonyl (C=O) groups excluding carboxylic acids is 1. The second-order valence-corrected chi connectivity index (χ2v) is 9.36. The van der Waals surface area contributed by atoms with E-state index < -0.39 is 17.2 Å². The summed E-state index contributed by atoms with van der Waals surface area (Å²) in [4.78, 5) is 35.2. The monoisotopic (exact) mass is 521 g/mol. The number of aromatic nitrogens is 4. The Morgan fingerprint density at radius 1 is 1.05 bits per heavy atom. The van der Waals surface area contributed by atoms with Crippen LogP contribution >= 0.6 is 0 Å². The van der Waals surface area contributed by atoms with Gasteiger partial charge in [-0.3, -0.25) is 9.59 Å². The number of rotatable bonds is 5. The average Bonchev–Trinajstić information content (AvgIpc) is 3.26. The van der Waals surface area contributed by atoms with E-state index in [1.165, 1.54) is 36.8 Å². The smallest absolute Gasteiger partial charge is 0.261 e.